The Morgan fingerprint density at radius 2 is 2.00 bits per heavy atom. The third-order valence-corrected chi connectivity index (χ3v) is 2.53. The number of rotatable bonds is 4. The summed E-state index contributed by atoms with van der Waals surface area (Å²) >= 11 is 0. The van der Waals surface area contributed by atoms with Crippen LogP contribution in [0.2, 0.25) is 0 Å². The van der Waals surface area contributed by atoms with Gasteiger partial charge in [0.25, 0.3) is 0 Å². The Labute approximate surface area is 108 Å². The zero-order valence-corrected chi connectivity index (χ0v) is 10.5. The molecule has 4 nitrogen and oxygen atoms in total. The summed E-state index contributed by atoms with van der Waals surface area (Å²) < 4.78 is 47.4. The standard InChI is InChI=1S/C12H14F3NO3/c1-18-10-4-3-7(5-8(10)12(13,14)15)6-9(16)11(17)19-2/h3-5,9H,6,16H2,1-2H3/t9-/m1/s1. The maximum absolute atomic E-state index is 12.8. The van der Waals surface area contributed by atoms with E-state index < -0.39 is 23.8 Å². The largest absolute Gasteiger partial charge is 0.496 e. The van der Waals surface area contributed by atoms with E-state index >= 15 is 0 Å². The Hall–Kier alpha value is -1.76. The fraction of sp³-hybridized carbons (Fsp3) is 0.417. The highest BCUT2D eigenvalue weighted by Gasteiger charge is 2.34. The summed E-state index contributed by atoms with van der Waals surface area (Å²) in [5.74, 6) is -0.952. The Morgan fingerprint density at radius 1 is 1.37 bits per heavy atom. The number of hydrogen-bond acceptors (Lipinski definition) is 4. The Balaban J connectivity index is 3.02. The second kappa shape index (κ2) is 5.92. The lowest BCUT2D eigenvalue weighted by Gasteiger charge is -2.15. The molecule has 0 fully saturated rings. The van der Waals surface area contributed by atoms with Gasteiger partial charge in [0.05, 0.1) is 19.8 Å². The van der Waals surface area contributed by atoms with Crippen molar-refractivity contribution in [1.29, 1.82) is 0 Å². The van der Waals surface area contributed by atoms with E-state index in [-0.39, 0.29) is 17.7 Å². The number of ether oxygens (including phenoxy) is 2. The van der Waals surface area contributed by atoms with Crippen LogP contribution in [0.25, 0.3) is 0 Å². The summed E-state index contributed by atoms with van der Waals surface area (Å²) in [6, 6.07) is 2.54. The molecule has 0 radical (unpaired) electrons. The van der Waals surface area contributed by atoms with Crippen LogP contribution in [0.15, 0.2) is 18.2 Å². The average Bonchev–Trinajstić information content (AvgIpc) is 2.36. The minimum Gasteiger partial charge on any atom is -0.496 e. The van der Waals surface area contributed by atoms with E-state index in [4.69, 9.17) is 5.73 Å². The lowest BCUT2D eigenvalue weighted by Crippen LogP contribution is -2.33. The summed E-state index contributed by atoms with van der Waals surface area (Å²) in [6.45, 7) is 0. The first-order chi connectivity index (χ1) is 8.79. The predicted octanol–water partition coefficient (Wildman–Crippen LogP) is 1.76. The normalized spacial score (nSPS) is 12.9. The number of hydrogen-bond donors (Lipinski definition) is 1. The van der Waals surface area contributed by atoms with Crippen molar-refractivity contribution in [1.82, 2.24) is 0 Å². The molecule has 0 aromatic heterocycles. The lowest BCUT2D eigenvalue weighted by molar-refractivity contribution is -0.142. The Bertz CT molecular complexity index is 460. The highest BCUT2D eigenvalue weighted by molar-refractivity contribution is 5.75. The second-order valence-electron chi connectivity index (χ2n) is 3.87. The van der Waals surface area contributed by atoms with Crippen molar-refractivity contribution in [2.45, 2.75) is 18.6 Å². The summed E-state index contributed by atoms with van der Waals surface area (Å²) in [5, 5.41) is 0. The highest BCUT2D eigenvalue weighted by atomic mass is 19.4. The molecule has 0 bridgehead atoms. The first-order valence-corrected chi connectivity index (χ1v) is 5.37. The van der Waals surface area contributed by atoms with E-state index in [1.54, 1.807) is 0 Å². The molecule has 1 aromatic carbocycles. The molecule has 1 atom stereocenters. The predicted molar refractivity (Wildman–Crippen MR) is 61.7 cm³/mol. The molecule has 0 heterocycles. The lowest BCUT2D eigenvalue weighted by atomic mass is 10.0. The van der Waals surface area contributed by atoms with Gasteiger partial charge in [-0.05, 0) is 24.1 Å². The minimum absolute atomic E-state index is 0.0419. The number of carbonyl (C=O) groups excluding carboxylic acids is 1. The first kappa shape index (κ1) is 15.3. The number of methoxy groups -OCH3 is 2. The molecule has 7 heteroatoms. The molecule has 0 aliphatic rings. The van der Waals surface area contributed by atoms with Crippen molar-refractivity contribution in [3.05, 3.63) is 29.3 Å². The smallest absolute Gasteiger partial charge is 0.419 e. The minimum atomic E-state index is -4.53. The van der Waals surface area contributed by atoms with Crippen molar-refractivity contribution < 1.29 is 27.4 Å². The van der Waals surface area contributed by atoms with Crippen molar-refractivity contribution in [2.75, 3.05) is 14.2 Å². The highest BCUT2D eigenvalue weighted by Crippen LogP contribution is 2.36. The fourth-order valence-electron chi connectivity index (χ4n) is 1.59. The van der Waals surface area contributed by atoms with Crippen LogP contribution in [-0.4, -0.2) is 26.2 Å². The zero-order chi connectivity index (χ0) is 14.6. The zero-order valence-electron chi connectivity index (χ0n) is 10.5. The van der Waals surface area contributed by atoms with Crippen molar-refractivity contribution in [2.24, 2.45) is 5.73 Å². The monoisotopic (exact) mass is 277 g/mol. The molecule has 0 unspecified atom stereocenters. The van der Waals surface area contributed by atoms with Crippen molar-refractivity contribution in [3.8, 4) is 5.75 Å². The first-order valence-electron chi connectivity index (χ1n) is 5.37. The topological polar surface area (TPSA) is 61.5 Å². The molecule has 0 aliphatic carbocycles. The molecule has 0 saturated carbocycles. The number of esters is 1. The van der Waals surface area contributed by atoms with E-state index in [1.807, 2.05) is 0 Å². The van der Waals surface area contributed by atoms with Crippen LogP contribution in [0.5, 0.6) is 5.75 Å². The number of halogens is 3. The Kier molecular flexibility index (Phi) is 4.77. The van der Waals surface area contributed by atoms with Crippen LogP contribution < -0.4 is 10.5 Å². The third kappa shape index (κ3) is 3.85. The molecular weight excluding hydrogens is 263 g/mol. The van der Waals surface area contributed by atoms with E-state index in [0.717, 1.165) is 20.3 Å². The van der Waals surface area contributed by atoms with Crippen molar-refractivity contribution in [3.63, 3.8) is 0 Å². The maximum Gasteiger partial charge on any atom is 0.419 e. The molecule has 106 valence electrons. The van der Waals surface area contributed by atoms with Crippen LogP contribution in [0.1, 0.15) is 11.1 Å². The maximum atomic E-state index is 12.8. The van der Waals surface area contributed by atoms with E-state index in [2.05, 4.69) is 9.47 Å². The molecule has 0 aliphatic heterocycles. The van der Waals surface area contributed by atoms with Crippen LogP contribution >= 0.6 is 0 Å². The quantitative estimate of drug-likeness (QED) is 0.852. The second-order valence-corrected chi connectivity index (χ2v) is 3.87. The fourth-order valence-corrected chi connectivity index (χ4v) is 1.59. The van der Waals surface area contributed by atoms with Crippen LogP contribution in [0.4, 0.5) is 13.2 Å². The number of alkyl halides is 3. The molecule has 1 aromatic rings. The van der Waals surface area contributed by atoms with Gasteiger partial charge in [0.2, 0.25) is 0 Å². The van der Waals surface area contributed by atoms with E-state index in [0.29, 0.717) is 0 Å². The van der Waals surface area contributed by atoms with Gasteiger partial charge in [0.1, 0.15) is 11.8 Å². The van der Waals surface area contributed by atoms with Gasteiger partial charge in [-0.15, -0.1) is 0 Å². The number of nitrogens with two attached hydrogens (primary N) is 1. The van der Waals surface area contributed by atoms with Gasteiger partial charge >= 0.3 is 12.1 Å². The van der Waals surface area contributed by atoms with Crippen LogP contribution in [0.3, 0.4) is 0 Å². The van der Waals surface area contributed by atoms with Gasteiger partial charge in [0.15, 0.2) is 0 Å². The van der Waals surface area contributed by atoms with Gasteiger partial charge in [0, 0.05) is 0 Å². The van der Waals surface area contributed by atoms with E-state index in [1.165, 1.54) is 12.1 Å². The van der Waals surface area contributed by atoms with Crippen molar-refractivity contribution >= 4 is 5.97 Å². The average molecular weight is 277 g/mol. The van der Waals surface area contributed by atoms with Gasteiger partial charge < -0.3 is 15.2 Å². The van der Waals surface area contributed by atoms with Gasteiger partial charge in [-0.2, -0.15) is 13.2 Å². The molecule has 0 spiro atoms. The van der Waals surface area contributed by atoms with Gasteiger partial charge in [-0.3, -0.25) is 4.79 Å². The number of carbonyl (C=O) groups is 1. The van der Waals surface area contributed by atoms with Gasteiger partial charge in [-0.1, -0.05) is 6.07 Å². The molecule has 0 amide bonds. The Morgan fingerprint density at radius 3 is 2.47 bits per heavy atom. The third-order valence-electron chi connectivity index (χ3n) is 2.53. The molecule has 19 heavy (non-hydrogen) atoms. The molecular formula is C12H14F3NO3. The summed E-state index contributed by atoms with van der Waals surface area (Å²) in [4.78, 5) is 11.1. The van der Waals surface area contributed by atoms with E-state index in [9.17, 15) is 18.0 Å². The summed E-state index contributed by atoms with van der Waals surface area (Å²) in [6.07, 6.45) is -4.57. The summed E-state index contributed by atoms with van der Waals surface area (Å²) in [7, 11) is 2.32. The van der Waals surface area contributed by atoms with Crippen LogP contribution in [0, 0.1) is 0 Å². The SMILES string of the molecule is COC(=O)[C@H](N)Cc1ccc(OC)c(C(F)(F)F)c1. The van der Waals surface area contributed by atoms with Gasteiger partial charge in [-0.25, -0.2) is 0 Å². The molecule has 1 rings (SSSR count). The van der Waals surface area contributed by atoms with Crippen LogP contribution in [-0.2, 0) is 22.1 Å². The summed E-state index contributed by atoms with van der Waals surface area (Å²) in [5.41, 5.74) is 4.89. The molecule has 2 N–H and O–H groups in total. The molecule has 0 saturated heterocycles. The number of benzene rings is 1.